The zero-order valence-corrected chi connectivity index (χ0v) is 10.6. The van der Waals surface area contributed by atoms with Gasteiger partial charge in [-0.2, -0.15) is 0 Å². The molecule has 0 fully saturated rings. The first kappa shape index (κ1) is 11.5. The Morgan fingerprint density at radius 3 is 1.72 bits per heavy atom. The Labute approximate surface area is 113 Å². The molecule has 5 heteroatoms. The van der Waals surface area contributed by atoms with Crippen LogP contribution in [0.4, 0.5) is 0 Å². The highest BCUT2D eigenvalue weighted by Crippen LogP contribution is 2.48. The summed E-state index contributed by atoms with van der Waals surface area (Å²) in [5.41, 5.74) is 1.74. The molecule has 1 aliphatic rings. The summed E-state index contributed by atoms with van der Waals surface area (Å²) in [6.45, 7) is 0. The minimum atomic E-state index is -0.0462. The van der Waals surface area contributed by atoms with Crippen molar-refractivity contribution in [2.75, 3.05) is 0 Å². The molecular weight excluding hydrogens is 275 g/mol. The maximum atomic E-state index is 9.55. The fourth-order valence-corrected chi connectivity index (χ4v) is 2.42. The van der Waals surface area contributed by atoms with Gasteiger partial charge >= 0.3 is 0 Å². The molecule has 1 heterocycles. The molecule has 18 heavy (non-hydrogen) atoms. The number of benzene rings is 2. The summed E-state index contributed by atoms with van der Waals surface area (Å²) >= 11 is 12.0. The van der Waals surface area contributed by atoms with Gasteiger partial charge in [-0.1, -0.05) is 35.3 Å². The summed E-state index contributed by atoms with van der Waals surface area (Å²) < 4.78 is 5.62. The molecule has 1 aliphatic heterocycles. The highest BCUT2D eigenvalue weighted by atomic mass is 35.5. The lowest BCUT2D eigenvalue weighted by atomic mass is 10.00. The Hall–Kier alpha value is -1.58. The number of phenols is 2. The van der Waals surface area contributed by atoms with Crippen molar-refractivity contribution in [3.8, 4) is 23.0 Å². The molecule has 92 valence electrons. The van der Waals surface area contributed by atoms with E-state index in [-0.39, 0.29) is 21.5 Å². The second-order valence-corrected chi connectivity index (χ2v) is 4.81. The van der Waals surface area contributed by atoms with E-state index in [1.165, 1.54) is 12.1 Å². The van der Waals surface area contributed by atoms with E-state index in [9.17, 15) is 10.2 Å². The minimum absolute atomic E-state index is 0.0462. The second-order valence-electron chi connectivity index (χ2n) is 4.05. The number of hydrogen-bond donors (Lipinski definition) is 2. The average molecular weight is 283 g/mol. The van der Waals surface area contributed by atoms with E-state index >= 15 is 0 Å². The number of ether oxygens (including phenoxy) is 1. The van der Waals surface area contributed by atoms with Gasteiger partial charge < -0.3 is 14.9 Å². The van der Waals surface area contributed by atoms with Crippen molar-refractivity contribution in [2.45, 2.75) is 6.42 Å². The van der Waals surface area contributed by atoms with Crippen molar-refractivity contribution in [1.82, 2.24) is 0 Å². The highest BCUT2D eigenvalue weighted by Gasteiger charge is 2.24. The van der Waals surface area contributed by atoms with Crippen LogP contribution in [0.1, 0.15) is 11.1 Å². The predicted molar refractivity (Wildman–Crippen MR) is 69.1 cm³/mol. The van der Waals surface area contributed by atoms with E-state index in [0.29, 0.717) is 17.9 Å². The molecule has 0 spiro atoms. The van der Waals surface area contributed by atoms with Gasteiger partial charge in [0.15, 0.2) is 11.5 Å². The second kappa shape index (κ2) is 3.97. The van der Waals surface area contributed by atoms with Crippen LogP contribution in [-0.2, 0) is 6.42 Å². The van der Waals surface area contributed by atoms with E-state index in [4.69, 9.17) is 27.9 Å². The zero-order valence-electron chi connectivity index (χ0n) is 9.08. The van der Waals surface area contributed by atoms with Gasteiger partial charge in [-0.3, -0.25) is 0 Å². The van der Waals surface area contributed by atoms with E-state index in [1.54, 1.807) is 12.1 Å². The van der Waals surface area contributed by atoms with Gasteiger partial charge in [0.1, 0.15) is 21.5 Å². The summed E-state index contributed by atoms with van der Waals surface area (Å²) in [7, 11) is 0. The molecule has 0 bridgehead atoms. The third kappa shape index (κ3) is 1.59. The molecule has 2 aromatic carbocycles. The SMILES string of the molecule is Oc1ccc2c(c1Cl)Oc1c(ccc(O)c1Cl)C2. The maximum absolute atomic E-state index is 9.55. The number of aromatic hydroxyl groups is 2. The van der Waals surface area contributed by atoms with Crippen LogP contribution in [0.3, 0.4) is 0 Å². The first-order chi connectivity index (χ1) is 8.58. The van der Waals surface area contributed by atoms with Crippen LogP contribution in [0.2, 0.25) is 10.0 Å². The van der Waals surface area contributed by atoms with Gasteiger partial charge in [-0.05, 0) is 12.1 Å². The van der Waals surface area contributed by atoms with Crippen molar-refractivity contribution >= 4 is 23.2 Å². The molecule has 0 aliphatic carbocycles. The molecule has 0 saturated heterocycles. The number of rotatable bonds is 0. The van der Waals surface area contributed by atoms with Crippen LogP contribution in [0, 0.1) is 0 Å². The molecule has 0 atom stereocenters. The summed E-state index contributed by atoms with van der Waals surface area (Å²) in [6, 6.07) is 6.55. The van der Waals surface area contributed by atoms with Gasteiger partial charge in [-0.25, -0.2) is 0 Å². The molecule has 0 amide bonds. The van der Waals surface area contributed by atoms with Crippen LogP contribution >= 0.6 is 23.2 Å². The van der Waals surface area contributed by atoms with Crippen molar-refractivity contribution in [2.24, 2.45) is 0 Å². The minimum Gasteiger partial charge on any atom is -0.506 e. The third-order valence-electron chi connectivity index (χ3n) is 2.90. The van der Waals surface area contributed by atoms with E-state index < -0.39 is 0 Å². The topological polar surface area (TPSA) is 49.7 Å². The van der Waals surface area contributed by atoms with Gasteiger partial charge in [0, 0.05) is 17.5 Å². The molecule has 0 aromatic heterocycles. The Kier molecular flexibility index (Phi) is 2.54. The molecule has 3 rings (SSSR count). The Bertz CT molecular complexity index is 598. The maximum Gasteiger partial charge on any atom is 0.153 e. The highest BCUT2D eigenvalue weighted by molar-refractivity contribution is 6.34. The van der Waals surface area contributed by atoms with Gasteiger partial charge in [-0.15, -0.1) is 0 Å². The monoisotopic (exact) mass is 282 g/mol. The summed E-state index contributed by atoms with van der Waals surface area (Å²) in [6.07, 6.45) is 0.588. The van der Waals surface area contributed by atoms with Crippen LogP contribution < -0.4 is 4.74 Å². The standard InChI is InChI=1S/C13H8Cl2O3/c14-10-8(16)3-1-6-5-7-2-4-9(17)11(15)13(7)18-12(6)10/h1-4,16-17H,5H2. The normalized spacial score (nSPS) is 12.6. The zero-order chi connectivity index (χ0) is 12.9. The Morgan fingerprint density at radius 1 is 0.833 bits per heavy atom. The molecule has 2 N–H and O–H groups in total. The van der Waals surface area contributed by atoms with Crippen LogP contribution in [-0.4, -0.2) is 10.2 Å². The predicted octanol–water partition coefficient (Wildman–Crippen LogP) is 4.10. The van der Waals surface area contributed by atoms with Crippen molar-refractivity contribution < 1.29 is 14.9 Å². The van der Waals surface area contributed by atoms with Gasteiger partial charge in [0.05, 0.1) is 0 Å². The smallest absolute Gasteiger partial charge is 0.153 e. The lowest BCUT2D eigenvalue weighted by Gasteiger charge is -2.22. The van der Waals surface area contributed by atoms with E-state index in [0.717, 1.165) is 11.1 Å². The summed E-state index contributed by atoms with van der Waals surface area (Å²) in [4.78, 5) is 0. The van der Waals surface area contributed by atoms with Crippen molar-refractivity contribution in [3.05, 3.63) is 45.4 Å². The van der Waals surface area contributed by atoms with Crippen LogP contribution in [0.15, 0.2) is 24.3 Å². The molecule has 2 aromatic rings. The molecule has 0 unspecified atom stereocenters. The van der Waals surface area contributed by atoms with Crippen LogP contribution in [0.5, 0.6) is 23.0 Å². The molecule has 0 radical (unpaired) electrons. The lowest BCUT2D eigenvalue weighted by Crippen LogP contribution is -2.04. The van der Waals surface area contributed by atoms with Crippen molar-refractivity contribution in [3.63, 3.8) is 0 Å². The van der Waals surface area contributed by atoms with Gasteiger partial charge in [0.25, 0.3) is 0 Å². The van der Waals surface area contributed by atoms with E-state index in [2.05, 4.69) is 0 Å². The molecule has 3 nitrogen and oxygen atoms in total. The number of fused-ring (bicyclic) bond motifs is 2. The van der Waals surface area contributed by atoms with Gasteiger partial charge in [0.2, 0.25) is 0 Å². The Morgan fingerprint density at radius 2 is 1.28 bits per heavy atom. The fraction of sp³-hybridized carbons (Fsp3) is 0.0769. The molecular formula is C13H8Cl2O3. The largest absolute Gasteiger partial charge is 0.506 e. The summed E-state index contributed by atoms with van der Waals surface area (Å²) in [5.74, 6) is 0.679. The quantitative estimate of drug-likeness (QED) is 0.653. The number of hydrogen-bond acceptors (Lipinski definition) is 3. The Balaban J connectivity index is 2.19. The first-order valence-electron chi connectivity index (χ1n) is 5.26. The first-order valence-corrected chi connectivity index (χ1v) is 6.02. The fourth-order valence-electron chi connectivity index (χ4n) is 1.98. The van der Waals surface area contributed by atoms with E-state index in [1.807, 2.05) is 0 Å². The lowest BCUT2D eigenvalue weighted by molar-refractivity contribution is 0.433. The van der Waals surface area contributed by atoms with Crippen LogP contribution in [0.25, 0.3) is 0 Å². The third-order valence-corrected chi connectivity index (χ3v) is 3.63. The summed E-state index contributed by atoms with van der Waals surface area (Å²) in [5, 5.41) is 19.4. The number of halogens is 2. The molecule has 0 saturated carbocycles. The number of phenolic OH excluding ortho intramolecular Hbond substituents is 2. The average Bonchev–Trinajstić information content (AvgIpc) is 2.37. The van der Waals surface area contributed by atoms with Crippen molar-refractivity contribution in [1.29, 1.82) is 0 Å².